The summed E-state index contributed by atoms with van der Waals surface area (Å²) in [6, 6.07) is 11.2. The summed E-state index contributed by atoms with van der Waals surface area (Å²) in [4.78, 5) is 25.2. The lowest BCUT2D eigenvalue weighted by Gasteiger charge is -2.20. The summed E-state index contributed by atoms with van der Waals surface area (Å²) in [5, 5.41) is 13.4. The Morgan fingerprint density at radius 3 is 2.61 bits per heavy atom. The van der Waals surface area contributed by atoms with Crippen LogP contribution < -0.4 is 0 Å². The highest BCUT2D eigenvalue weighted by Crippen LogP contribution is 2.14. The highest BCUT2D eigenvalue weighted by Gasteiger charge is 2.23. The summed E-state index contributed by atoms with van der Waals surface area (Å²) >= 11 is 0. The van der Waals surface area contributed by atoms with Crippen molar-refractivity contribution in [2.24, 2.45) is 5.92 Å². The molecule has 122 valence electrons. The molecule has 0 aliphatic carbocycles. The summed E-state index contributed by atoms with van der Waals surface area (Å²) in [5.41, 5.74) is 0.923. The van der Waals surface area contributed by atoms with Crippen molar-refractivity contribution in [3.63, 3.8) is 0 Å². The van der Waals surface area contributed by atoms with Crippen molar-refractivity contribution >= 4 is 11.9 Å². The summed E-state index contributed by atoms with van der Waals surface area (Å²) in [5.74, 6) is -1.82. The van der Waals surface area contributed by atoms with Crippen LogP contribution in [0.15, 0.2) is 48.8 Å². The monoisotopic (exact) mass is 315 g/mol. The first-order valence-corrected chi connectivity index (χ1v) is 7.54. The molecule has 1 N–H and O–H groups in total. The lowest BCUT2D eigenvalue weighted by molar-refractivity contribution is -0.145. The van der Waals surface area contributed by atoms with Gasteiger partial charge in [-0.15, -0.1) is 0 Å². The molecule has 0 aliphatic rings. The minimum absolute atomic E-state index is 0.000164. The number of aromatic nitrogens is 2. The molecule has 1 atom stereocenters. The molecule has 23 heavy (non-hydrogen) atoms. The fraction of sp³-hybridized carbons (Fsp3) is 0.353. The molecule has 0 saturated carbocycles. The number of aliphatic carboxylic acids is 1. The van der Waals surface area contributed by atoms with Gasteiger partial charge in [0.15, 0.2) is 0 Å². The van der Waals surface area contributed by atoms with E-state index in [0.717, 1.165) is 5.56 Å². The number of carbonyl (C=O) groups is 2. The number of benzene rings is 1. The molecule has 1 heterocycles. The van der Waals surface area contributed by atoms with Gasteiger partial charge in [-0.1, -0.05) is 30.3 Å². The molecule has 0 radical (unpaired) electrons. The number of hydrogen-bond donors (Lipinski definition) is 1. The van der Waals surface area contributed by atoms with Gasteiger partial charge >= 0.3 is 5.97 Å². The number of carboxylic acid groups (broad SMARTS) is 1. The van der Waals surface area contributed by atoms with Crippen LogP contribution in [-0.2, 0) is 22.6 Å². The average Bonchev–Trinajstić information content (AvgIpc) is 3.06. The third-order valence-corrected chi connectivity index (χ3v) is 3.74. The van der Waals surface area contributed by atoms with E-state index in [1.54, 1.807) is 22.8 Å². The van der Waals surface area contributed by atoms with Gasteiger partial charge in [0.2, 0.25) is 5.91 Å². The van der Waals surface area contributed by atoms with Crippen LogP contribution in [0.5, 0.6) is 0 Å². The van der Waals surface area contributed by atoms with Gasteiger partial charge in [-0.2, -0.15) is 5.10 Å². The highest BCUT2D eigenvalue weighted by molar-refractivity contribution is 5.82. The lowest BCUT2D eigenvalue weighted by Crippen LogP contribution is -2.33. The van der Waals surface area contributed by atoms with Gasteiger partial charge in [0, 0.05) is 32.4 Å². The quantitative estimate of drug-likeness (QED) is 0.804. The molecule has 2 aromatic rings. The van der Waals surface area contributed by atoms with Gasteiger partial charge in [-0.05, 0) is 18.1 Å². The molecule has 6 nitrogen and oxygen atoms in total. The van der Waals surface area contributed by atoms with E-state index in [0.29, 0.717) is 19.5 Å². The van der Waals surface area contributed by atoms with Crippen LogP contribution in [0.1, 0.15) is 12.0 Å². The molecule has 1 amide bonds. The maximum absolute atomic E-state index is 12.2. The summed E-state index contributed by atoms with van der Waals surface area (Å²) in [6.07, 6.45) is 3.87. The number of carboxylic acids is 1. The van der Waals surface area contributed by atoms with E-state index in [2.05, 4.69) is 5.10 Å². The second-order valence-electron chi connectivity index (χ2n) is 5.51. The molecule has 0 saturated heterocycles. The van der Waals surface area contributed by atoms with Crippen molar-refractivity contribution in [1.29, 1.82) is 0 Å². The van der Waals surface area contributed by atoms with E-state index in [1.165, 1.54) is 0 Å². The Hall–Kier alpha value is -2.63. The van der Waals surface area contributed by atoms with Crippen molar-refractivity contribution in [3.05, 3.63) is 54.4 Å². The van der Waals surface area contributed by atoms with Crippen LogP contribution in [0.25, 0.3) is 0 Å². The van der Waals surface area contributed by atoms with Gasteiger partial charge in [0.25, 0.3) is 0 Å². The van der Waals surface area contributed by atoms with Crippen LogP contribution in [0.3, 0.4) is 0 Å². The summed E-state index contributed by atoms with van der Waals surface area (Å²) in [7, 11) is 1.69. The molecule has 6 heteroatoms. The van der Waals surface area contributed by atoms with Crippen molar-refractivity contribution < 1.29 is 14.7 Å². The minimum Gasteiger partial charge on any atom is -0.481 e. The fourth-order valence-electron chi connectivity index (χ4n) is 2.32. The molecule has 0 bridgehead atoms. The molecule has 0 aliphatic heterocycles. The van der Waals surface area contributed by atoms with Crippen LogP contribution in [-0.4, -0.2) is 45.3 Å². The zero-order valence-electron chi connectivity index (χ0n) is 13.1. The predicted molar refractivity (Wildman–Crippen MR) is 85.8 cm³/mol. The first-order valence-electron chi connectivity index (χ1n) is 7.54. The van der Waals surface area contributed by atoms with Crippen LogP contribution in [0, 0.1) is 5.92 Å². The number of hydrogen-bond acceptors (Lipinski definition) is 3. The van der Waals surface area contributed by atoms with E-state index in [9.17, 15) is 14.7 Å². The Labute approximate surface area is 135 Å². The van der Waals surface area contributed by atoms with E-state index < -0.39 is 11.9 Å². The Kier molecular flexibility index (Phi) is 5.91. The van der Waals surface area contributed by atoms with E-state index in [4.69, 9.17) is 0 Å². The standard InChI is InChI=1S/C17H21N3O3/c1-19(10-11-20-9-5-8-18-20)16(21)13-15(17(22)23)12-14-6-3-2-4-7-14/h2-9,15H,10-13H2,1H3,(H,22,23)/t15-/m1/s1. The second kappa shape index (κ2) is 8.12. The third kappa shape index (κ3) is 5.25. The van der Waals surface area contributed by atoms with Crippen LogP contribution in [0.4, 0.5) is 0 Å². The first-order chi connectivity index (χ1) is 11.1. The lowest BCUT2D eigenvalue weighted by atomic mass is 9.96. The van der Waals surface area contributed by atoms with Crippen LogP contribution in [0.2, 0.25) is 0 Å². The van der Waals surface area contributed by atoms with Gasteiger partial charge in [0.05, 0.1) is 12.5 Å². The molecule has 1 aromatic heterocycles. The number of amides is 1. The minimum atomic E-state index is -0.942. The molecule has 1 aromatic carbocycles. The molecular weight excluding hydrogens is 294 g/mol. The number of rotatable bonds is 8. The third-order valence-electron chi connectivity index (χ3n) is 3.74. The van der Waals surface area contributed by atoms with Gasteiger partial charge < -0.3 is 10.0 Å². The maximum Gasteiger partial charge on any atom is 0.307 e. The molecule has 2 rings (SSSR count). The van der Waals surface area contributed by atoms with Gasteiger partial charge in [-0.3, -0.25) is 14.3 Å². The Morgan fingerprint density at radius 2 is 2.00 bits per heavy atom. The van der Waals surface area contributed by atoms with E-state index in [1.807, 2.05) is 42.6 Å². The maximum atomic E-state index is 12.2. The van der Waals surface area contributed by atoms with E-state index >= 15 is 0 Å². The molecular formula is C17H21N3O3. The van der Waals surface area contributed by atoms with Gasteiger partial charge in [0.1, 0.15) is 0 Å². The molecule has 0 spiro atoms. The zero-order valence-corrected chi connectivity index (χ0v) is 13.1. The number of likely N-dealkylation sites (N-methyl/N-ethyl adjacent to an activating group) is 1. The number of nitrogens with zero attached hydrogens (tertiary/aromatic N) is 3. The van der Waals surface area contributed by atoms with Gasteiger partial charge in [-0.25, -0.2) is 0 Å². The molecule has 0 fully saturated rings. The first kappa shape index (κ1) is 16.7. The Morgan fingerprint density at radius 1 is 1.26 bits per heavy atom. The molecule has 0 unspecified atom stereocenters. The van der Waals surface area contributed by atoms with Crippen molar-refractivity contribution in [2.75, 3.05) is 13.6 Å². The van der Waals surface area contributed by atoms with Crippen molar-refractivity contribution in [3.8, 4) is 0 Å². The fourth-order valence-corrected chi connectivity index (χ4v) is 2.32. The second-order valence-corrected chi connectivity index (χ2v) is 5.51. The topological polar surface area (TPSA) is 75.4 Å². The smallest absolute Gasteiger partial charge is 0.307 e. The average molecular weight is 315 g/mol. The summed E-state index contributed by atoms with van der Waals surface area (Å²) < 4.78 is 1.74. The predicted octanol–water partition coefficient (Wildman–Crippen LogP) is 1.68. The van der Waals surface area contributed by atoms with Crippen molar-refractivity contribution in [2.45, 2.75) is 19.4 Å². The Balaban J connectivity index is 1.88. The highest BCUT2D eigenvalue weighted by atomic mass is 16.4. The SMILES string of the molecule is CN(CCn1cccn1)C(=O)C[C@@H](Cc1ccccc1)C(=O)O. The van der Waals surface area contributed by atoms with Crippen molar-refractivity contribution in [1.82, 2.24) is 14.7 Å². The number of carbonyl (C=O) groups excluding carboxylic acids is 1. The summed E-state index contributed by atoms with van der Waals surface area (Å²) in [6.45, 7) is 1.09. The van der Waals surface area contributed by atoms with E-state index in [-0.39, 0.29) is 12.3 Å². The largest absolute Gasteiger partial charge is 0.481 e. The normalized spacial score (nSPS) is 11.9. The Bertz CT molecular complexity index is 626. The zero-order chi connectivity index (χ0) is 16.7. The van der Waals surface area contributed by atoms with Crippen LogP contribution >= 0.6 is 0 Å².